The molecule has 0 spiro atoms. The minimum atomic E-state index is -0.425. The smallest absolute Gasteiger partial charge is 0.410 e. The summed E-state index contributed by atoms with van der Waals surface area (Å²) in [6.45, 7) is 4.95. The summed E-state index contributed by atoms with van der Waals surface area (Å²) in [5.74, 6) is 0.280. The third-order valence-corrected chi connectivity index (χ3v) is 6.42. The van der Waals surface area contributed by atoms with E-state index in [1.807, 2.05) is 30.3 Å². The summed E-state index contributed by atoms with van der Waals surface area (Å²) in [4.78, 5) is 29.7. The van der Waals surface area contributed by atoms with Gasteiger partial charge in [-0.25, -0.2) is 4.79 Å². The number of nitro groups is 1. The molecular formula is C24H30N4O5. The van der Waals surface area contributed by atoms with Crippen LogP contribution in [0.3, 0.4) is 0 Å². The van der Waals surface area contributed by atoms with E-state index in [-0.39, 0.29) is 24.1 Å². The van der Waals surface area contributed by atoms with Crippen molar-refractivity contribution in [3.8, 4) is 5.75 Å². The molecule has 2 aromatic carbocycles. The number of methoxy groups -OCH3 is 1. The fraction of sp³-hybridized carbons (Fsp3) is 0.458. The van der Waals surface area contributed by atoms with Gasteiger partial charge in [0.2, 0.25) is 0 Å². The molecule has 0 radical (unpaired) electrons. The highest BCUT2D eigenvalue weighted by molar-refractivity contribution is 5.67. The minimum Gasteiger partial charge on any atom is -0.490 e. The van der Waals surface area contributed by atoms with Crippen LogP contribution in [0.4, 0.5) is 16.2 Å². The second-order valence-electron chi connectivity index (χ2n) is 8.42. The van der Waals surface area contributed by atoms with Gasteiger partial charge in [-0.15, -0.1) is 0 Å². The minimum absolute atomic E-state index is 0.0231. The quantitative estimate of drug-likeness (QED) is 0.487. The fourth-order valence-electron chi connectivity index (χ4n) is 4.58. The maximum atomic E-state index is 12.4. The van der Waals surface area contributed by atoms with Gasteiger partial charge in [0.05, 0.1) is 12.0 Å². The lowest BCUT2D eigenvalue weighted by Gasteiger charge is -2.43. The Bertz CT molecular complexity index is 963. The number of hydrogen-bond donors (Lipinski definition) is 0. The summed E-state index contributed by atoms with van der Waals surface area (Å²) in [5.41, 5.74) is 1.89. The molecule has 176 valence electrons. The number of amides is 1. The Morgan fingerprint density at radius 1 is 1.09 bits per heavy atom. The second-order valence-corrected chi connectivity index (χ2v) is 8.42. The molecule has 2 saturated heterocycles. The van der Waals surface area contributed by atoms with Crippen molar-refractivity contribution in [3.63, 3.8) is 0 Å². The van der Waals surface area contributed by atoms with E-state index in [4.69, 9.17) is 9.47 Å². The molecule has 9 heteroatoms. The van der Waals surface area contributed by atoms with Gasteiger partial charge < -0.3 is 19.3 Å². The van der Waals surface area contributed by atoms with Crippen LogP contribution in [0.5, 0.6) is 5.75 Å². The third-order valence-electron chi connectivity index (χ3n) is 6.42. The maximum absolute atomic E-state index is 12.4. The van der Waals surface area contributed by atoms with E-state index in [1.165, 1.54) is 13.2 Å². The predicted octanol–water partition coefficient (Wildman–Crippen LogP) is 3.53. The van der Waals surface area contributed by atoms with Gasteiger partial charge >= 0.3 is 11.8 Å². The van der Waals surface area contributed by atoms with Crippen molar-refractivity contribution in [2.24, 2.45) is 0 Å². The first-order chi connectivity index (χ1) is 16.0. The lowest BCUT2D eigenvalue weighted by Crippen LogP contribution is -2.56. The zero-order valence-electron chi connectivity index (χ0n) is 18.9. The van der Waals surface area contributed by atoms with Crippen LogP contribution in [0.15, 0.2) is 48.5 Å². The average Bonchev–Trinajstić information content (AvgIpc) is 2.87. The molecule has 2 aliphatic rings. The maximum Gasteiger partial charge on any atom is 0.410 e. The van der Waals surface area contributed by atoms with Crippen molar-refractivity contribution >= 4 is 17.5 Å². The molecule has 2 aromatic rings. The molecule has 4 rings (SSSR count). The Hall–Kier alpha value is -3.33. The highest BCUT2D eigenvalue weighted by Crippen LogP contribution is 2.33. The molecule has 1 amide bonds. The predicted molar refractivity (Wildman–Crippen MR) is 125 cm³/mol. The van der Waals surface area contributed by atoms with E-state index < -0.39 is 4.92 Å². The van der Waals surface area contributed by atoms with Gasteiger partial charge in [0, 0.05) is 63.1 Å². The Morgan fingerprint density at radius 3 is 2.55 bits per heavy atom. The number of carbonyl (C=O) groups is 1. The van der Waals surface area contributed by atoms with E-state index in [9.17, 15) is 14.9 Å². The normalized spacial score (nSPS) is 19.2. The van der Waals surface area contributed by atoms with E-state index in [1.54, 1.807) is 17.0 Å². The van der Waals surface area contributed by atoms with E-state index in [0.717, 1.165) is 50.3 Å². The monoisotopic (exact) mass is 454 g/mol. The summed E-state index contributed by atoms with van der Waals surface area (Å²) in [6, 6.07) is 15.1. The standard InChI is InChI=1S/C24H30N4O5/c1-32-23-16-20(9-10-22(23)28(30)31)27-11-5-8-21(17-27)25-12-14-26(15-13-25)24(29)33-18-19-6-3-2-4-7-19/h2-4,6-7,9-10,16,21H,5,8,11-15,17-18H2,1H3. The van der Waals surface area contributed by atoms with E-state index in [2.05, 4.69) is 9.80 Å². The van der Waals surface area contributed by atoms with Crippen LogP contribution in [-0.4, -0.2) is 73.2 Å². The van der Waals surface area contributed by atoms with Crippen molar-refractivity contribution in [1.29, 1.82) is 0 Å². The largest absolute Gasteiger partial charge is 0.490 e. The van der Waals surface area contributed by atoms with Crippen LogP contribution in [0.1, 0.15) is 18.4 Å². The van der Waals surface area contributed by atoms with Gasteiger partial charge in [-0.1, -0.05) is 30.3 Å². The Kier molecular flexibility index (Phi) is 7.29. The van der Waals surface area contributed by atoms with Crippen molar-refractivity contribution in [2.45, 2.75) is 25.5 Å². The highest BCUT2D eigenvalue weighted by atomic mass is 16.6. The van der Waals surface area contributed by atoms with Crippen LogP contribution >= 0.6 is 0 Å². The van der Waals surface area contributed by atoms with E-state index in [0.29, 0.717) is 19.1 Å². The first kappa shape index (κ1) is 22.8. The molecular weight excluding hydrogens is 424 g/mol. The molecule has 2 heterocycles. The molecule has 0 saturated carbocycles. The van der Waals surface area contributed by atoms with Crippen LogP contribution in [0.2, 0.25) is 0 Å². The average molecular weight is 455 g/mol. The summed E-state index contributed by atoms with van der Waals surface area (Å²) in [5, 5.41) is 11.2. The second kappa shape index (κ2) is 10.5. The summed E-state index contributed by atoms with van der Waals surface area (Å²) in [7, 11) is 1.45. The summed E-state index contributed by atoms with van der Waals surface area (Å²) < 4.78 is 10.7. The number of nitrogens with zero attached hydrogens (tertiary/aromatic N) is 4. The summed E-state index contributed by atoms with van der Waals surface area (Å²) in [6.07, 6.45) is 1.88. The zero-order valence-corrected chi connectivity index (χ0v) is 18.9. The molecule has 0 N–H and O–H groups in total. The lowest BCUT2D eigenvalue weighted by atomic mass is 10.0. The van der Waals surface area contributed by atoms with Crippen molar-refractivity contribution in [2.75, 3.05) is 51.3 Å². The molecule has 33 heavy (non-hydrogen) atoms. The van der Waals surface area contributed by atoms with Crippen LogP contribution in [-0.2, 0) is 11.3 Å². The van der Waals surface area contributed by atoms with Crippen LogP contribution in [0.25, 0.3) is 0 Å². The molecule has 9 nitrogen and oxygen atoms in total. The van der Waals surface area contributed by atoms with Gasteiger partial charge in [0.15, 0.2) is 5.75 Å². The van der Waals surface area contributed by atoms with Crippen LogP contribution in [0, 0.1) is 10.1 Å². The zero-order chi connectivity index (χ0) is 23.2. The highest BCUT2D eigenvalue weighted by Gasteiger charge is 2.30. The topological polar surface area (TPSA) is 88.4 Å². The van der Waals surface area contributed by atoms with Gasteiger partial charge in [-0.05, 0) is 24.5 Å². The number of piperidine rings is 1. The number of benzene rings is 2. The number of ether oxygens (including phenoxy) is 2. The van der Waals surface area contributed by atoms with E-state index >= 15 is 0 Å². The molecule has 0 aromatic heterocycles. The lowest BCUT2D eigenvalue weighted by molar-refractivity contribution is -0.385. The number of rotatable bonds is 6. The third kappa shape index (κ3) is 5.54. The van der Waals surface area contributed by atoms with Gasteiger partial charge in [0.25, 0.3) is 0 Å². The molecule has 2 aliphatic heterocycles. The SMILES string of the molecule is COc1cc(N2CCCC(N3CCN(C(=O)OCc4ccccc4)CC3)C2)ccc1[N+](=O)[O-]. The molecule has 0 bridgehead atoms. The summed E-state index contributed by atoms with van der Waals surface area (Å²) >= 11 is 0. The molecule has 1 unspecified atom stereocenters. The molecule has 0 aliphatic carbocycles. The number of hydrogen-bond acceptors (Lipinski definition) is 7. The van der Waals surface area contributed by atoms with Gasteiger partial charge in [0.1, 0.15) is 6.61 Å². The van der Waals surface area contributed by atoms with Crippen molar-refractivity contribution in [1.82, 2.24) is 9.80 Å². The molecule has 1 atom stereocenters. The number of piperazine rings is 1. The van der Waals surface area contributed by atoms with Crippen molar-refractivity contribution < 1.29 is 19.2 Å². The number of nitro benzene ring substituents is 1. The fourth-order valence-corrected chi connectivity index (χ4v) is 4.58. The van der Waals surface area contributed by atoms with Gasteiger partial charge in [-0.2, -0.15) is 0 Å². The van der Waals surface area contributed by atoms with Crippen molar-refractivity contribution in [3.05, 3.63) is 64.2 Å². The number of carbonyl (C=O) groups excluding carboxylic acids is 1. The first-order valence-corrected chi connectivity index (χ1v) is 11.3. The van der Waals surface area contributed by atoms with Gasteiger partial charge in [-0.3, -0.25) is 15.0 Å². The Labute approximate surface area is 193 Å². The van der Waals surface area contributed by atoms with Crippen LogP contribution < -0.4 is 9.64 Å². The molecule has 2 fully saturated rings. The Balaban J connectivity index is 1.30. The number of anilines is 1. The first-order valence-electron chi connectivity index (χ1n) is 11.3. The Morgan fingerprint density at radius 2 is 1.85 bits per heavy atom.